The summed E-state index contributed by atoms with van der Waals surface area (Å²) in [5, 5.41) is 12.6. The van der Waals surface area contributed by atoms with E-state index in [-0.39, 0.29) is 11.3 Å². The second-order valence-electron chi connectivity index (χ2n) is 3.65. The zero-order chi connectivity index (χ0) is 14.0. The number of aromatic nitrogens is 2. The van der Waals surface area contributed by atoms with Crippen molar-refractivity contribution in [2.45, 2.75) is 13.3 Å². The van der Waals surface area contributed by atoms with Gasteiger partial charge in [-0.05, 0) is 13.0 Å². The number of anilines is 2. The molecule has 5 nitrogen and oxygen atoms in total. The predicted molar refractivity (Wildman–Crippen MR) is 66.3 cm³/mol. The largest absolute Gasteiger partial charge is 0.476 e. The molecule has 0 aliphatic heterocycles. The minimum absolute atomic E-state index is 0.134. The number of carboxylic acids is 1. The number of aromatic carboxylic acids is 1. The molecule has 0 radical (unpaired) electrons. The van der Waals surface area contributed by atoms with Crippen LogP contribution < -0.4 is 5.32 Å². The highest BCUT2D eigenvalue weighted by Crippen LogP contribution is 2.29. The Kier molecular flexibility index (Phi) is 3.70. The molecule has 2 rings (SSSR count). The minimum atomic E-state index is -2.63. The summed E-state index contributed by atoms with van der Waals surface area (Å²) in [6.07, 6.45) is -0.227. The van der Waals surface area contributed by atoms with Crippen LogP contribution in [0.2, 0.25) is 0 Å². The fourth-order valence-corrected chi connectivity index (χ4v) is 2.26. The van der Waals surface area contributed by atoms with E-state index in [2.05, 4.69) is 15.3 Å². The number of thiazole rings is 1. The fraction of sp³-hybridized carbons (Fsp3) is 0.182. The average Bonchev–Trinajstić information content (AvgIpc) is 2.70. The van der Waals surface area contributed by atoms with E-state index in [9.17, 15) is 13.6 Å². The van der Waals surface area contributed by atoms with Gasteiger partial charge in [0, 0.05) is 11.8 Å². The summed E-state index contributed by atoms with van der Waals surface area (Å²) in [4.78, 5) is 18.5. The summed E-state index contributed by atoms with van der Waals surface area (Å²) >= 11 is 1.13. The summed E-state index contributed by atoms with van der Waals surface area (Å²) in [6, 6.07) is 1.22. The molecule has 0 spiro atoms. The highest BCUT2D eigenvalue weighted by atomic mass is 32.1. The van der Waals surface area contributed by atoms with Crippen LogP contribution in [0.3, 0.4) is 0 Å². The number of pyridine rings is 1. The Hall–Kier alpha value is -2.09. The van der Waals surface area contributed by atoms with Gasteiger partial charge in [-0.2, -0.15) is 0 Å². The lowest BCUT2D eigenvalue weighted by molar-refractivity contribution is 0.0692. The van der Waals surface area contributed by atoms with E-state index in [4.69, 9.17) is 5.11 Å². The lowest BCUT2D eigenvalue weighted by Crippen LogP contribution is -2.01. The minimum Gasteiger partial charge on any atom is -0.476 e. The van der Waals surface area contributed by atoms with Crippen LogP contribution >= 0.6 is 11.3 Å². The van der Waals surface area contributed by atoms with Crippen molar-refractivity contribution in [2.24, 2.45) is 0 Å². The number of carboxylic acid groups (broad SMARTS) is 1. The molecule has 0 unspecified atom stereocenters. The van der Waals surface area contributed by atoms with E-state index < -0.39 is 12.4 Å². The first-order valence-corrected chi connectivity index (χ1v) is 6.00. The van der Waals surface area contributed by atoms with Crippen LogP contribution in [0.5, 0.6) is 0 Å². The van der Waals surface area contributed by atoms with Crippen molar-refractivity contribution in [2.75, 3.05) is 5.32 Å². The van der Waals surface area contributed by atoms with E-state index in [1.54, 1.807) is 6.92 Å². The molecule has 0 aromatic carbocycles. The lowest BCUT2D eigenvalue weighted by Gasteiger charge is -2.06. The fourth-order valence-electron chi connectivity index (χ4n) is 1.43. The monoisotopic (exact) mass is 285 g/mol. The number of alkyl halides is 2. The van der Waals surface area contributed by atoms with Crippen LogP contribution in [-0.2, 0) is 0 Å². The van der Waals surface area contributed by atoms with Gasteiger partial charge in [0.1, 0.15) is 5.00 Å². The molecule has 0 saturated carbocycles. The van der Waals surface area contributed by atoms with Gasteiger partial charge >= 0.3 is 5.97 Å². The highest BCUT2D eigenvalue weighted by molar-refractivity contribution is 7.16. The number of nitrogens with one attached hydrogen (secondary N) is 1. The van der Waals surface area contributed by atoms with Gasteiger partial charge in [-0.1, -0.05) is 0 Å². The molecule has 8 heteroatoms. The molecule has 2 aromatic rings. The van der Waals surface area contributed by atoms with Gasteiger partial charge in [-0.3, -0.25) is 4.98 Å². The van der Waals surface area contributed by atoms with Crippen molar-refractivity contribution in [1.82, 2.24) is 9.97 Å². The summed E-state index contributed by atoms with van der Waals surface area (Å²) in [5.74, 6) is -1.18. The molecular weight excluding hydrogens is 276 g/mol. The molecule has 2 N–H and O–H groups in total. The quantitative estimate of drug-likeness (QED) is 0.902. The summed E-state index contributed by atoms with van der Waals surface area (Å²) in [5.41, 5.74) is -0.0722. The molecular formula is C11H9F2N3O2S. The van der Waals surface area contributed by atoms with Crippen LogP contribution in [-0.4, -0.2) is 21.0 Å². The van der Waals surface area contributed by atoms with E-state index in [1.165, 1.54) is 12.3 Å². The Morgan fingerprint density at radius 3 is 2.84 bits per heavy atom. The maximum atomic E-state index is 12.5. The first-order chi connectivity index (χ1) is 8.97. The third-order valence-corrected chi connectivity index (χ3v) is 3.09. The molecule has 19 heavy (non-hydrogen) atoms. The summed E-state index contributed by atoms with van der Waals surface area (Å²) in [6.45, 7) is 1.66. The second kappa shape index (κ2) is 5.27. The molecule has 2 aromatic heterocycles. The van der Waals surface area contributed by atoms with E-state index in [0.717, 1.165) is 17.5 Å². The molecule has 0 aliphatic rings. The van der Waals surface area contributed by atoms with Gasteiger partial charge in [0.25, 0.3) is 6.43 Å². The zero-order valence-electron chi connectivity index (χ0n) is 9.72. The topological polar surface area (TPSA) is 75.1 Å². The van der Waals surface area contributed by atoms with Gasteiger partial charge in [0.15, 0.2) is 5.69 Å². The zero-order valence-corrected chi connectivity index (χ0v) is 10.5. The van der Waals surface area contributed by atoms with Gasteiger partial charge in [0.05, 0.1) is 16.9 Å². The van der Waals surface area contributed by atoms with E-state index >= 15 is 0 Å². The normalized spacial score (nSPS) is 10.7. The number of rotatable bonds is 4. The average molecular weight is 285 g/mol. The van der Waals surface area contributed by atoms with Crippen molar-refractivity contribution in [3.63, 3.8) is 0 Å². The Morgan fingerprint density at radius 2 is 2.21 bits per heavy atom. The van der Waals surface area contributed by atoms with Crippen molar-refractivity contribution in [1.29, 1.82) is 0 Å². The number of hydrogen-bond donors (Lipinski definition) is 2. The van der Waals surface area contributed by atoms with Gasteiger partial charge < -0.3 is 10.4 Å². The van der Waals surface area contributed by atoms with Crippen molar-refractivity contribution < 1.29 is 18.7 Å². The van der Waals surface area contributed by atoms with E-state index in [0.29, 0.717) is 15.7 Å². The third kappa shape index (κ3) is 3.02. The number of halogens is 2. The first kappa shape index (κ1) is 13.3. The molecule has 0 atom stereocenters. The van der Waals surface area contributed by atoms with Crippen molar-refractivity contribution in [3.05, 3.63) is 34.7 Å². The summed E-state index contributed by atoms with van der Waals surface area (Å²) < 4.78 is 25.1. The van der Waals surface area contributed by atoms with Crippen LogP contribution in [0, 0.1) is 6.92 Å². The number of nitrogens with zero attached hydrogens (tertiary/aromatic N) is 2. The number of carbonyl (C=O) groups is 1. The molecule has 0 aliphatic carbocycles. The Bertz CT molecular complexity index is 616. The van der Waals surface area contributed by atoms with Crippen LogP contribution in [0.4, 0.5) is 19.5 Å². The van der Waals surface area contributed by atoms with Crippen LogP contribution in [0.1, 0.15) is 27.5 Å². The van der Waals surface area contributed by atoms with Crippen molar-refractivity contribution >= 4 is 28.0 Å². The number of aryl methyl sites for hydroxylation is 1. The van der Waals surface area contributed by atoms with Crippen molar-refractivity contribution in [3.8, 4) is 0 Å². The Labute approximate surface area is 110 Å². The Morgan fingerprint density at radius 1 is 1.47 bits per heavy atom. The number of hydrogen-bond acceptors (Lipinski definition) is 5. The highest BCUT2D eigenvalue weighted by Gasteiger charge is 2.16. The first-order valence-electron chi connectivity index (χ1n) is 5.18. The van der Waals surface area contributed by atoms with Gasteiger partial charge in [-0.25, -0.2) is 18.6 Å². The lowest BCUT2D eigenvalue weighted by atomic mass is 10.3. The predicted octanol–water partition coefficient (Wildman–Crippen LogP) is 3.23. The van der Waals surface area contributed by atoms with E-state index in [1.807, 2.05) is 0 Å². The standard InChI is InChI=1S/C11H9F2N3O2S/c1-5-15-8(11(17)18)10(19-5)16-7-2-6(9(12)13)3-14-4-7/h2-4,9,16H,1H3,(H,17,18). The van der Waals surface area contributed by atoms with Crippen LogP contribution in [0.15, 0.2) is 18.5 Å². The Balaban J connectivity index is 2.31. The maximum absolute atomic E-state index is 12.5. The molecule has 0 saturated heterocycles. The van der Waals surface area contributed by atoms with Crippen LogP contribution in [0.25, 0.3) is 0 Å². The van der Waals surface area contributed by atoms with Gasteiger partial charge in [0.2, 0.25) is 0 Å². The third-order valence-electron chi connectivity index (χ3n) is 2.21. The smallest absolute Gasteiger partial charge is 0.357 e. The molecule has 0 fully saturated rings. The SMILES string of the molecule is Cc1nc(C(=O)O)c(Nc2cncc(C(F)F)c2)s1. The summed E-state index contributed by atoms with van der Waals surface area (Å²) in [7, 11) is 0. The van der Waals surface area contributed by atoms with Gasteiger partial charge in [-0.15, -0.1) is 11.3 Å². The molecule has 2 heterocycles. The molecule has 0 bridgehead atoms. The maximum Gasteiger partial charge on any atom is 0.357 e. The molecule has 100 valence electrons. The second-order valence-corrected chi connectivity index (χ2v) is 4.85. The molecule has 0 amide bonds.